The quantitative estimate of drug-likeness (QED) is 0.372. The van der Waals surface area contributed by atoms with Crippen LogP contribution in [0.5, 0.6) is 0 Å². The lowest BCUT2D eigenvalue weighted by Crippen LogP contribution is -2.30. The van der Waals surface area contributed by atoms with E-state index in [9.17, 15) is 14.4 Å². The zero-order valence-electron chi connectivity index (χ0n) is 16.1. The Morgan fingerprint density at radius 2 is 1.30 bits per heavy atom. The SMILES string of the molecule is C=CC(=O)OCCCCOC(=O)C1CCC(C2CCC(C(=O)O)CC2)CC1. The van der Waals surface area contributed by atoms with Crippen molar-refractivity contribution in [3.8, 4) is 0 Å². The Labute approximate surface area is 161 Å². The number of carbonyl (C=O) groups is 3. The summed E-state index contributed by atoms with van der Waals surface area (Å²) in [6.07, 6.45) is 9.91. The van der Waals surface area contributed by atoms with Gasteiger partial charge in [-0.3, -0.25) is 9.59 Å². The average molecular weight is 380 g/mol. The molecule has 0 bridgehead atoms. The first-order valence-electron chi connectivity index (χ1n) is 10.2. The van der Waals surface area contributed by atoms with E-state index in [-0.39, 0.29) is 17.8 Å². The van der Waals surface area contributed by atoms with Crippen LogP contribution in [0.15, 0.2) is 12.7 Å². The topological polar surface area (TPSA) is 89.9 Å². The molecular weight excluding hydrogens is 348 g/mol. The first-order chi connectivity index (χ1) is 13.0. The van der Waals surface area contributed by atoms with Crippen LogP contribution in [-0.4, -0.2) is 36.2 Å². The zero-order valence-corrected chi connectivity index (χ0v) is 16.1. The lowest BCUT2D eigenvalue weighted by atomic mass is 9.69. The number of esters is 2. The van der Waals surface area contributed by atoms with Crippen LogP contribution in [-0.2, 0) is 23.9 Å². The monoisotopic (exact) mass is 380 g/mol. The number of carbonyl (C=O) groups excluding carboxylic acids is 2. The minimum Gasteiger partial charge on any atom is -0.481 e. The minimum atomic E-state index is -0.654. The fourth-order valence-corrected chi connectivity index (χ4v) is 4.39. The van der Waals surface area contributed by atoms with Crippen LogP contribution < -0.4 is 0 Å². The molecule has 1 N–H and O–H groups in total. The van der Waals surface area contributed by atoms with Gasteiger partial charge in [0.25, 0.3) is 0 Å². The molecule has 2 saturated carbocycles. The lowest BCUT2D eigenvalue weighted by Gasteiger charge is -2.36. The molecule has 27 heavy (non-hydrogen) atoms. The molecule has 0 aliphatic heterocycles. The smallest absolute Gasteiger partial charge is 0.330 e. The van der Waals surface area contributed by atoms with Crippen molar-refractivity contribution in [2.75, 3.05) is 13.2 Å². The van der Waals surface area contributed by atoms with Gasteiger partial charge in [0.05, 0.1) is 25.0 Å². The number of carboxylic acids is 1. The molecule has 0 heterocycles. The molecule has 0 atom stereocenters. The van der Waals surface area contributed by atoms with E-state index < -0.39 is 11.9 Å². The van der Waals surface area contributed by atoms with E-state index in [0.717, 1.165) is 57.4 Å². The molecule has 2 rings (SSSR count). The van der Waals surface area contributed by atoms with Crippen LogP contribution in [0, 0.1) is 23.7 Å². The molecule has 0 aromatic carbocycles. The molecule has 0 aromatic rings. The molecule has 0 radical (unpaired) electrons. The second-order valence-corrected chi connectivity index (χ2v) is 7.81. The molecule has 2 aliphatic rings. The maximum absolute atomic E-state index is 12.2. The maximum atomic E-state index is 12.2. The van der Waals surface area contributed by atoms with Crippen molar-refractivity contribution in [1.29, 1.82) is 0 Å². The summed E-state index contributed by atoms with van der Waals surface area (Å²) >= 11 is 0. The number of hydrogen-bond acceptors (Lipinski definition) is 5. The van der Waals surface area contributed by atoms with E-state index in [0.29, 0.717) is 37.9 Å². The van der Waals surface area contributed by atoms with Crippen molar-refractivity contribution in [2.24, 2.45) is 23.7 Å². The summed E-state index contributed by atoms with van der Waals surface area (Å²) in [5.74, 6) is -0.104. The highest BCUT2D eigenvalue weighted by Gasteiger charge is 2.34. The Kier molecular flexibility index (Phi) is 8.82. The standard InChI is InChI=1S/C21H32O6/c1-2-19(22)26-13-3-4-14-27-21(25)18-11-7-16(8-12-18)15-5-9-17(10-6-15)20(23)24/h2,15-18H,1,3-14H2,(H,23,24). The van der Waals surface area contributed by atoms with Gasteiger partial charge in [-0.25, -0.2) is 4.79 Å². The summed E-state index contributed by atoms with van der Waals surface area (Å²) in [5.41, 5.74) is 0. The summed E-state index contributed by atoms with van der Waals surface area (Å²) in [6.45, 7) is 4.01. The van der Waals surface area contributed by atoms with Gasteiger partial charge in [0.2, 0.25) is 0 Å². The molecule has 0 amide bonds. The van der Waals surface area contributed by atoms with Crippen molar-refractivity contribution in [2.45, 2.75) is 64.2 Å². The fraction of sp³-hybridized carbons (Fsp3) is 0.762. The van der Waals surface area contributed by atoms with Crippen LogP contribution in [0.2, 0.25) is 0 Å². The van der Waals surface area contributed by atoms with E-state index in [1.807, 2.05) is 0 Å². The normalized spacial score (nSPS) is 28.1. The van der Waals surface area contributed by atoms with Crippen molar-refractivity contribution >= 4 is 17.9 Å². The number of aliphatic carboxylic acids is 1. The average Bonchev–Trinajstić information content (AvgIpc) is 2.70. The fourth-order valence-electron chi connectivity index (χ4n) is 4.39. The van der Waals surface area contributed by atoms with E-state index in [4.69, 9.17) is 14.6 Å². The molecule has 6 heteroatoms. The third-order valence-corrected chi connectivity index (χ3v) is 6.09. The summed E-state index contributed by atoms with van der Waals surface area (Å²) in [5, 5.41) is 9.11. The maximum Gasteiger partial charge on any atom is 0.330 e. The third kappa shape index (κ3) is 7.00. The number of ether oxygens (including phenoxy) is 2. The largest absolute Gasteiger partial charge is 0.481 e. The predicted octanol–water partition coefficient (Wildman–Crippen LogP) is 3.74. The van der Waals surface area contributed by atoms with Gasteiger partial charge in [-0.15, -0.1) is 0 Å². The second kappa shape index (κ2) is 11.1. The molecule has 0 spiro atoms. The molecule has 6 nitrogen and oxygen atoms in total. The lowest BCUT2D eigenvalue weighted by molar-refractivity contribution is -0.151. The zero-order chi connectivity index (χ0) is 19.6. The number of carboxylic acid groups (broad SMARTS) is 1. The summed E-state index contributed by atoms with van der Waals surface area (Å²) in [4.78, 5) is 34.2. The first kappa shape index (κ1) is 21.5. The van der Waals surface area contributed by atoms with E-state index in [1.165, 1.54) is 0 Å². The molecule has 0 unspecified atom stereocenters. The summed E-state index contributed by atoms with van der Waals surface area (Å²) < 4.78 is 10.2. The molecular formula is C21H32O6. The van der Waals surface area contributed by atoms with Gasteiger partial charge >= 0.3 is 17.9 Å². The highest BCUT2D eigenvalue weighted by atomic mass is 16.5. The van der Waals surface area contributed by atoms with E-state index in [2.05, 4.69) is 6.58 Å². The van der Waals surface area contributed by atoms with Gasteiger partial charge in [0, 0.05) is 6.08 Å². The second-order valence-electron chi connectivity index (χ2n) is 7.81. The van der Waals surface area contributed by atoms with E-state index >= 15 is 0 Å². The Morgan fingerprint density at radius 3 is 1.78 bits per heavy atom. The highest BCUT2D eigenvalue weighted by molar-refractivity contribution is 5.81. The van der Waals surface area contributed by atoms with Gasteiger partial charge in [-0.05, 0) is 76.0 Å². The van der Waals surface area contributed by atoms with Crippen molar-refractivity contribution in [3.05, 3.63) is 12.7 Å². The van der Waals surface area contributed by atoms with Gasteiger partial charge in [0.1, 0.15) is 0 Å². The number of hydrogen-bond donors (Lipinski definition) is 1. The van der Waals surface area contributed by atoms with Gasteiger partial charge < -0.3 is 14.6 Å². The Bertz CT molecular complexity index is 513. The molecule has 152 valence electrons. The van der Waals surface area contributed by atoms with Crippen LogP contribution in [0.1, 0.15) is 64.2 Å². The van der Waals surface area contributed by atoms with Crippen molar-refractivity contribution in [3.63, 3.8) is 0 Å². The molecule has 0 aromatic heterocycles. The van der Waals surface area contributed by atoms with Crippen LogP contribution >= 0.6 is 0 Å². The van der Waals surface area contributed by atoms with Crippen LogP contribution in [0.4, 0.5) is 0 Å². The van der Waals surface area contributed by atoms with Crippen LogP contribution in [0.3, 0.4) is 0 Å². The third-order valence-electron chi connectivity index (χ3n) is 6.09. The molecule has 0 saturated heterocycles. The first-order valence-corrected chi connectivity index (χ1v) is 10.2. The van der Waals surface area contributed by atoms with Gasteiger partial charge in [-0.2, -0.15) is 0 Å². The highest BCUT2D eigenvalue weighted by Crippen LogP contribution is 2.41. The number of unbranched alkanes of at least 4 members (excludes halogenated alkanes) is 1. The summed E-state index contributed by atoms with van der Waals surface area (Å²) in [6, 6.07) is 0. The Balaban J connectivity index is 1.57. The molecule has 2 fully saturated rings. The van der Waals surface area contributed by atoms with E-state index in [1.54, 1.807) is 0 Å². The van der Waals surface area contributed by atoms with Gasteiger partial charge in [0.15, 0.2) is 0 Å². The Morgan fingerprint density at radius 1 is 0.815 bits per heavy atom. The Hall–Kier alpha value is -1.85. The van der Waals surface area contributed by atoms with Gasteiger partial charge in [-0.1, -0.05) is 6.58 Å². The minimum absolute atomic E-state index is 0.00444. The summed E-state index contributed by atoms with van der Waals surface area (Å²) in [7, 11) is 0. The predicted molar refractivity (Wildman–Crippen MR) is 99.9 cm³/mol. The van der Waals surface area contributed by atoms with Crippen molar-refractivity contribution < 1.29 is 29.0 Å². The van der Waals surface area contributed by atoms with Crippen molar-refractivity contribution in [1.82, 2.24) is 0 Å². The number of rotatable bonds is 9. The molecule has 2 aliphatic carbocycles. The van der Waals surface area contributed by atoms with Crippen LogP contribution in [0.25, 0.3) is 0 Å².